The highest BCUT2D eigenvalue weighted by Gasteiger charge is 2.17. The maximum atomic E-state index is 13.4. The zero-order valence-corrected chi connectivity index (χ0v) is 19.3. The van der Waals surface area contributed by atoms with Crippen LogP contribution in [-0.4, -0.2) is 12.3 Å². The van der Waals surface area contributed by atoms with Crippen LogP contribution in [0.4, 0.5) is 8.78 Å². The van der Waals surface area contributed by atoms with Gasteiger partial charge in [-0.05, 0) is 28.1 Å². The van der Waals surface area contributed by atoms with E-state index in [1.807, 2.05) is 0 Å². The van der Waals surface area contributed by atoms with E-state index in [2.05, 4.69) is 31.9 Å². The first-order valence-corrected chi connectivity index (χ1v) is 10.3. The highest BCUT2D eigenvalue weighted by molar-refractivity contribution is 9.11. The molecule has 4 aromatic rings. The summed E-state index contributed by atoms with van der Waals surface area (Å²) in [6.07, 6.45) is 2.99. The zero-order chi connectivity index (χ0) is 21.3. The molecule has 0 fully saturated rings. The predicted octanol–water partition coefficient (Wildman–Crippen LogP) is 5.66. The molecule has 4 rings (SSSR count). The van der Waals surface area contributed by atoms with Gasteiger partial charge in [0.15, 0.2) is 0 Å². The van der Waals surface area contributed by atoms with Crippen LogP contribution in [0.5, 0.6) is 0 Å². The Bertz CT molecular complexity index is 1240. The smallest absolute Gasteiger partial charge is 0.270 e. The van der Waals surface area contributed by atoms with E-state index in [4.69, 9.17) is 28.0 Å². The molecule has 0 spiro atoms. The fourth-order valence-electron chi connectivity index (χ4n) is 2.70. The largest absolute Gasteiger partial charge is 0.285 e. The summed E-state index contributed by atoms with van der Waals surface area (Å²) in [4.78, 5) is 5.06. The molecule has 0 aliphatic rings. The minimum absolute atomic E-state index is 0.208. The number of aromatic nitrogens is 2. The summed E-state index contributed by atoms with van der Waals surface area (Å²) in [6.45, 7) is 0. The quantitative estimate of drug-likeness (QED) is 0.238. The lowest BCUT2D eigenvalue weighted by Crippen LogP contribution is -2.40. The van der Waals surface area contributed by atoms with Crippen LogP contribution in [0, 0.1) is 11.6 Å². The lowest BCUT2D eigenvalue weighted by atomic mass is 10.2. The summed E-state index contributed by atoms with van der Waals surface area (Å²) in [6, 6.07) is 8.75. The second-order valence-corrected chi connectivity index (χ2v) is 8.33. The van der Waals surface area contributed by atoms with Crippen molar-refractivity contribution in [2.45, 2.75) is 0 Å². The van der Waals surface area contributed by atoms with Gasteiger partial charge in [-0.2, -0.15) is 0 Å². The number of fused-ring (bicyclic) bond motifs is 2. The van der Waals surface area contributed by atoms with Crippen LogP contribution in [0.3, 0.4) is 0 Å². The Hall–Kier alpha value is -1.74. The molecule has 0 aliphatic heterocycles. The van der Waals surface area contributed by atoms with E-state index in [1.54, 1.807) is 18.3 Å². The Morgan fingerprint density at radius 2 is 1.59 bits per heavy atom. The van der Waals surface area contributed by atoms with Gasteiger partial charge in [-0.25, -0.2) is 8.78 Å². The Balaban J connectivity index is 0.000000166. The van der Waals surface area contributed by atoms with Crippen LogP contribution in [0.2, 0.25) is 10.0 Å². The van der Waals surface area contributed by atoms with Crippen LogP contribution >= 0.6 is 55.1 Å². The van der Waals surface area contributed by atoms with Gasteiger partial charge in [0.25, 0.3) is 11.0 Å². The van der Waals surface area contributed by atoms with Crippen molar-refractivity contribution in [1.82, 2.24) is 0 Å². The average Bonchev–Trinajstić information content (AvgIpc) is 2.64. The van der Waals surface area contributed by atoms with Gasteiger partial charge in [0.05, 0.1) is 21.5 Å². The van der Waals surface area contributed by atoms with E-state index in [0.29, 0.717) is 25.0 Å². The zero-order valence-electron chi connectivity index (χ0n) is 14.6. The van der Waals surface area contributed by atoms with Crippen molar-refractivity contribution in [2.24, 2.45) is 0 Å². The van der Waals surface area contributed by atoms with Crippen molar-refractivity contribution in [2.75, 3.05) is 7.11 Å². The molecule has 0 radical (unpaired) electrons. The molecule has 1 N–H and O–H groups in total. The molecule has 150 valence electrons. The summed E-state index contributed by atoms with van der Waals surface area (Å²) in [5, 5.41) is 11.2. The van der Waals surface area contributed by atoms with E-state index < -0.39 is 5.82 Å². The van der Waals surface area contributed by atoms with Gasteiger partial charge in [0, 0.05) is 36.6 Å². The van der Waals surface area contributed by atoms with Gasteiger partial charge < -0.3 is 0 Å². The number of halogens is 6. The first-order valence-electron chi connectivity index (χ1n) is 7.94. The van der Waals surface area contributed by atoms with Crippen molar-refractivity contribution in [1.29, 1.82) is 0 Å². The van der Waals surface area contributed by atoms with E-state index in [9.17, 15) is 14.0 Å². The van der Waals surface area contributed by atoms with Gasteiger partial charge in [-0.3, -0.25) is 10.0 Å². The minimum atomic E-state index is -0.470. The van der Waals surface area contributed by atoms with E-state index in [0.717, 1.165) is 10.1 Å². The maximum absolute atomic E-state index is 13.4. The first kappa shape index (κ1) is 22.0. The maximum Gasteiger partial charge on any atom is 0.270 e. The lowest BCUT2D eigenvalue weighted by Gasteiger charge is -2.01. The molecule has 0 unspecified atom stereocenters. The van der Waals surface area contributed by atoms with Gasteiger partial charge in [-0.15, -0.1) is 0 Å². The number of benzene rings is 2. The summed E-state index contributed by atoms with van der Waals surface area (Å²) in [5.41, 5.74) is 0.904. The van der Waals surface area contributed by atoms with Gasteiger partial charge >= 0.3 is 0 Å². The number of rotatable bonds is 1. The van der Waals surface area contributed by atoms with Gasteiger partial charge in [-0.1, -0.05) is 39.1 Å². The normalized spacial score (nSPS) is 10.7. The minimum Gasteiger partial charge on any atom is -0.285 e. The second-order valence-electron chi connectivity index (χ2n) is 5.74. The Kier molecular flexibility index (Phi) is 6.78. The Morgan fingerprint density at radius 3 is 2.28 bits per heavy atom. The standard InChI is InChI=1S/C10H7BrClFNO.C9H5BrClFNO/c1-15-14-3-2-8(12)10-7(11)4-6(13)5-9(10)14;10-5-3-7(12)9-6(11)1-2-13(14)8(9)4-5/h2-5H,1H3;1-4,14H/q2*+1. The topological polar surface area (TPSA) is 37.2 Å². The molecule has 0 aliphatic carbocycles. The Labute approximate surface area is 191 Å². The fraction of sp³-hybridized carbons (Fsp3) is 0.0526. The highest BCUT2D eigenvalue weighted by atomic mass is 79.9. The van der Waals surface area contributed by atoms with E-state index >= 15 is 0 Å². The molecule has 2 aromatic carbocycles. The molecule has 4 nitrogen and oxygen atoms in total. The molecule has 0 saturated heterocycles. The summed E-state index contributed by atoms with van der Waals surface area (Å²) in [7, 11) is 1.51. The number of hydrogen-bond acceptors (Lipinski definition) is 2. The third-order valence-corrected chi connectivity index (χ3v) is 5.66. The number of pyridine rings is 2. The van der Waals surface area contributed by atoms with Gasteiger partial charge in [0.2, 0.25) is 12.4 Å². The first-order chi connectivity index (χ1) is 13.7. The van der Waals surface area contributed by atoms with Crippen molar-refractivity contribution in [3.63, 3.8) is 0 Å². The van der Waals surface area contributed by atoms with Crippen molar-refractivity contribution < 1.29 is 28.3 Å². The predicted molar refractivity (Wildman–Crippen MR) is 113 cm³/mol. The monoisotopic (exact) mass is 566 g/mol. The third kappa shape index (κ3) is 4.55. The van der Waals surface area contributed by atoms with Crippen molar-refractivity contribution >= 4 is 76.9 Å². The number of nitrogens with zero attached hydrogens (tertiary/aromatic N) is 2. The fourth-order valence-corrected chi connectivity index (χ4v) is 4.37. The highest BCUT2D eigenvalue weighted by Crippen LogP contribution is 2.29. The lowest BCUT2D eigenvalue weighted by molar-refractivity contribution is -0.884. The molecule has 0 saturated carbocycles. The van der Waals surface area contributed by atoms with Crippen molar-refractivity contribution in [3.8, 4) is 0 Å². The second kappa shape index (κ2) is 8.95. The molecular weight excluding hydrogens is 557 g/mol. The summed E-state index contributed by atoms with van der Waals surface area (Å²) >= 11 is 18.2. The third-order valence-electron chi connectivity index (χ3n) is 3.95. The van der Waals surface area contributed by atoms with Crippen LogP contribution in [0.1, 0.15) is 0 Å². The van der Waals surface area contributed by atoms with E-state index in [1.165, 1.54) is 42.3 Å². The molecule has 0 bridgehead atoms. The van der Waals surface area contributed by atoms with Crippen LogP contribution in [-0.2, 0) is 0 Å². The van der Waals surface area contributed by atoms with Crippen LogP contribution in [0.25, 0.3) is 21.8 Å². The summed E-state index contributed by atoms with van der Waals surface area (Å²) < 4.78 is 30.1. The SMILES string of the molecule is CO[n+]1ccc(Cl)c2c(Br)cc(F)cc21.O[n+]1ccc(Cl)c2c(F)cc(Br)cc21. The molecule has 0 amide bonds. The van der Waals surface area contributed by atoms with E-state index in [-0.39, 0.29) is 16.2 Å². The Morgan fingerprint density at radius 1 is 0.931 bits per heavy atom. The summed E-state index contributed by atoms with van der Waals surface area (Å²) in [5.74, 6) is -0.815. The van der Waals surface area contributed by atoms with Crippen LogP contribution < -0.4 is 14.3 Å². The van der Waals surface area contributed by atoms with Crippen LogP contribution in [0.15, 0.2) is 57.7 Å². The average molecular weight is 569 g/mol. The molecule has 29 heavy (non-hydrogen) atoms. The molecule has 2 heterocycles. The number of hydrogen-bond donors (Lipinski definition) is 1. The molecule has 2 aromatic heterocycles. The molecule has 0 atom stereocenters. The van der Waals surface area contributed by atoms with Crippen molar-refractivity contribution in [3.05, 3.63) is 79.4 Å². The molecule has 10 heteroatoms. The van der Waals surface area contributed by atoms with Gasteiger partial charge in [0.1, 0.15) is 24.1 Å². The molecular formula is C19H12Br2Cl2F2N2O2+2.